The number of ether oxygens (including phenoxy) is 1. The van der Waals surface area contributed by atoms with Gasteiger partial charge in [0, 0.05) is 30.3 Å². The number of hydrogen-bond acceptors (Lipinski definition) is 4. The molecule has 0 radical (unpaired) electrons. The molecular formula is C15H23N3O3. The van der Waals surface area contributed by atoms with Crippen LogP contribution in [0.3, 0.4) is 0 Å². The Kier molecular flexibility index (Phi) is 4.07. The van der Waals surface area contributed by atoms with Gasteiger partial charge in [-0.2, -0.15) is 5.10 Å². The largest absolute Gasteiger partial charge is 0.444 e. The number of fused-ring (bicyclic) bond motifs is 1. The molecule has 116 valence electrons. The quantitative estimate of drug-likeness (QED) is 0.786. The summed E-state index contributed by atoms with van der Waals surface area (Å²) in [5.74, 6) is 0. The van der Waals surface area contributed by atoms with E-state index in [4.69, 9.17) is 4.74 Å². The number of rotatable bonds is 2. The van der Waals surface area contributed by atoms with Gasteiger partial charge in [0.05, 0.1) is 6.54 Å². The molecule has 1 aliphatic rings. The van der Waals surface area contributed by atoms with Crippen molar-refractivity contribution >= 4 is 12.4 Å². The molecule has 0 atom stereocenters. The summed E-state index contributed by atoms with van der Waals surface area (Å²) < 4.78 is 7.27. The number of carbonyl (C=O) groups excluding carboxylic acids is 2. The van der Waals surface area contributed by atoms with Crippen molar-refractivity contribution in [2.45, 2.75) is 59.2 Å². The zero-order chi connectivity index (χ0) is 15.8. The van der Waals surface area contributed by atoms with Crippen molar-refractivity contribution in [2.24, 2.45) is 0 Å². The average Bonchev–Trinajstić information content (AvgIpc) is 2.74. The van der Waals surface area contributed by atoms with E-state index in [2.05, 4.69) is 5.10 Å². The lowest BCUT2D eigenvalue weighted by Gasteiger charge is -2.30. The molecule has 1 aliphatic heterocycles. The molecule has 0 aromatic carbocycles. The molecule has 1 aromatic heterocycles. The Morgan fingerprint density at radius 1 is 1.38 bits per heavy atom. The van der Waals surface area contributed by atoms with Gasteiger partial charge in [-0.15, -0.1) is 0 Å². The van der Waals surface area contributed by atoms with Gasteiger partial charge in [0.25, 0.3) is 0 Å². The van der Waals surface area contributed by atoms with Gasteiger partial charge in [0.2, 0.25) is 0 Å². The van der Waals surface area contributed by atoms with Crippen LogP contribution in [-0.2, 0) is 17.7 Å². The van der Waals surface area contributed by atoms with Crippen molar-refractivity contribution in [3.63, 3.8) is 0 Å². The van der Waals surface area contributed by atoms with Crippen LogP contribution < -0.4 is 0 Å². The van der Waals surface area contributed by atoms with Crippen LogP contribution in [0.2, 0.25) is 0 Å². The molecule has 0 aliphatic carbocycles. The topological polar surface area (TPSA) is 64.4 Å². The Morgan fingerprint density at radius 3 is 2.57 bits per heavy atom. The first kappa shape index (κ1) is 15.5. The second-order valence-corrected chi connectivity index (χ2v) is 6.62. The van der Waals surface area contributed by atoms with Gasteiger partial charge in [-0.25, -0.2) is 4.79 Å². The van der Waals surface area contributed by atoms with Crippen molar-refractivity contribution in [3.05, 3.63) is 17.0 Å². The molecule has 0 unspecified atom stereocenters. The zero-order valence-corrected chi connectivity index (χ0v) is 13.3. The molecule has 0 saturated heterocycles. The van der Waals surface area contributed by atoms with E-state index >= 15 is 0 Å². The highest BCUT2D eigenvalue weighted by Crippen LogP contribution is 2.25. The van der Waals surface area contributed by atoms with Crippen molar-refractivity contribution in [1.82, 2.24) is 14.7 Å². The Hall–Kier alpha value is -1.85. The summed E-state index contributed by atoms with van der Waals surface area (Å²) in [6, 6.07) is 0.195. The van der Waals surface area contributed by atoms with Crippen LogP contribution in [-0.4, -0.2) is 39.2 Å². The maximum Gasteiger partial charge on any atom is 0.410 e. The van der Waals surface area contributed by atoms with Crippen molar-refractivity contribution < 1.29 is 14.3 Å². The number of aldehydes is 1. The zero-order valence-electron chi connectivity index (χ0n) is 13.3. The van der Waals surface area contributed by atoms with E-state index in [1.807, 2.05) is 39.3 Å². The fourth-order valence-electron chi connectivity index (χ4n) is 2.48. The van der Waals surface area contributed by atoms with Crippen molar-refractivity contribution in [1.29, 1.82) is 0 Å². The Balaban J connectivity index is 2.24. The fraction of sp³-hybridized carbons (Fsp3) is 0.667. The second kappa shape index (κ2) is 5.50. The SMILES string of the molecule is CC(C)n1nc(C=O)c2c1CCN(C(=O)OC(C)(C)C)C2. The van der Waals surface area contributed by atoms with Gasteiger partial charge < -0.3 is 9.64 Å². The first-order valence-corrected chi connectivity index (χ1v) is 7.26. The van der Waals surface area contributed by atoms with Crippen LogP contribution in [0.5, 0.6) is 0 Å². The molecule has 6 heteroatoms. The molecule has 0 bridgehead atoms. The Labute approximate surface area is 125 Å². The summed E-state index contributed by atoms with van der Waals surface area (Å²) in [4.78, 5) is 25.0. The maximum atomic E-state index is 12.2. The second-order valence-electron chi connectivity index (χ2n) is 6.62. The molecule has 0 fully saturated rings. The number of nitrogens with zero attached hydrogens (tertiary/aromatic N) is 3. The van der Waals surface area contributed by atoms with Gasteiger partial charge in [0.1, 0.15) is 11.3 Å². The highest BCUT2D eigenvalue weighted by atomic mass is 16.6. The van der Waals surface area contributed by atoms with Crippen LogP contribution in [0.15, 0.2) is 0 Å². The first-order chi connectivity index (χ1) is 9.73. The van der Waals surface area contributed by atoms with E-state index in [9.17, 15) is 9.59 Å². The van der Waals surface area contributed by atoms with E-state index in [1.165, 1.54) is 0 Å². The molecule has 0 saturated carbocycles. The predicted molar refractivity (Wildman–Crippen MR) is 78.3 cm³/mol. The van der Waals surface area contributed by atoms with Gasteiger partial charge in [-0.3, -0.25) is 9.48 Å². The lowest BCUT2D eigenvalue weighted by Crippen LogP contribution is -2.40. The minimum atomic E-state index is -0.521. The Morgan fingerprint density at radius 2 is 2.05 bits per heavy atom. The highest BCUT2D eigenvalue weighted by molar-refractivity contribution is 5.76. The van der Waals surface area contributed by atoms with E-state index in [1.54, 1.807) is 4.90 Å². The number of carbonyl (C=O) groups is 2. The predicted octanol–water partition coefficient (Wildman–Crippen LogP) is 2.57. The summed E-state index contributed by atoms with van der Waals surface area (Å²) in [6.45, 7) is 10.5. The fourth-order valence-corrected chi connectivity index (χ4v) is 2.48. The van der Waals surface area contributed by atoms with Gasteiger partial charge >= 0.3 is 6.09 Å². The third-order valence-electron chi connectivity index (χ3n) is 3.37. The van der Waals surface area contributed by atoms with E-state index < -0.39 is 5.60 Å². The lowest BCUT2D eigenvalue weighted by molar-refractivity contribution is 0.0221. The molecule has 6 nitrogen and oxygen atoms in total. The monoisotopic (exact) mass is 293 g/mol. The molecule has 2 heterocycles. The van der Waals surface area contributed by atoms with Crippen LogP contribution in [0.25, 0.3) is 0 Å². The molecule has 21 heavy (non-hydrogen) atoms. The average molecular weight is 293 g/mol. The first-order valence-electron chi connectivity index (χ1n) is 7.26. The van der Waals surface area contributed by atoms with Gasteiger partial charge in [-0.05, 0) is 34.6 Å². The maximum absolute atomic E-state index is 12.2. The van der Waals surface area contributed by atoms with E-state index in [-0.39, 0.29) is 12.1 Å². The number of aromatic nitrogens is 2. The van der Waals surface area contributed by atoms with Crippen LogP contribution in [0, 0.1) is 0 Å². The van der Waals surface area contributed by atoms with E-state index in [0.717, 1.165) is 17.5 Å². The standard InChI is InChI=1S/C15H23N3O3/c1-10(2)18-13-6-7-17(14(20)21-15(3,4)5)8-11(13)12(9-19)16-18/h9-10H,6-8H2,1-5H3. The molecule has 0 spiro atoms. The summed E-state index contributed by atoms with van der Waals surface area (Å²) >= 11 is 0. The molecule has 0 N–H and O–H groups in total. The summed E-state index contributed by atoms with van der Waals surface area (Å²) in [5.41, 5.74) is 1.79. The van der Waals surface area contributed by atoms with Crippen molar-refractivity contribution in [3.8, 4) is 0 Å². The number of hydrogen-bond donors (Lipinski definition) is 0. The Bertz CT molecular complexity index is 555. The van der Waals surface area contributed by atoms with Crippen LogP contribution in [0.1, 0.15) is 62.4 Å². The lowest BCUT2D eigenvalue weighted by atomic mass is 10.1. The summed E-state index contributed by atoms with van der Waals surface area (Å²) in [6.07, 6.45) is 1.10. The van der Waals surface area contributed by atoms with Gasteiger partial charge in [-0.1, -0.05) is 0 Å². The smallest absolute Gasteiger partial charge is 0.410 e. The van der Waals surface area contributed by atoms with Crippen LogP contribution >= 0.6 is 0 Å². The minimum absolute atomic E-state index is 0.195. The molecular weight excluding hydrogens is 270 g/mol. The highest BCUT2D eigenvalue weighted by Gasteiger charge is 2.30. The summed E-state index contributed by atoms with van der Waals surface area (Å²) in [7, 11) is 0. The minimum Gasteiger partial charge on any atom is -0.444 e. The van der Waals surface area contributed by atoms with Crippen molar-refractivity contribution in [2.75, 3.05) is 6.54 Å². The third-order valence-corrected chi connectivity index (χ3v) is 3.37. The molecule has 1 aromatic rings. The van der Waals surface area contributed by atoms with Gasteiger partial charge in [0.15, 0.2) is 6.29 Å². The number of amides is 1. The van der Waals surface area contributed by atoms with E-state index in [0.29, 0.717) is 25.2 Å². The third kappa shape index (κ3) is 3.25. The molecule has 2 rings (SSSR count). The summed E-state index contributed by atoms with van der Waals surface area (Å²) in [5, 5.41) is 4.35. The normalized spacial score (nSPS) is 15.0. The van der Waals surface area contributed by atoms with Crippen LogP contribution in [0.4, 0.5) is 4.79 Å². The molecule has 1 amide bonds.